The average Bonchev–Trinajstić information content (AvgIpc) is 2.58. The van der Waals surface area contributed by atoms with E-state index in [0.717, 1.165) is 0 Å². The average molecular weight is 422 g/mol. The molecule has 1 aromatic rings. The van der Waals surface area contributed by atoms with Gasteiger partial charge in [-0.05, 0) is 24.1 Å². The molecule has 9 heteroatoms. The smallest absolute Gasteiger partial charge is 0.550 e. The van der Waals surface area contributed by atoms with Crippen molar-refractivity contribution in [1.29, 1.82) is 0 Å². The summed E-state index contributed by atoms with van der Waals surface area (Å²) >= 11 is 5.84. The van der Waals surface area contributed by atoms with E-state index in [1.54, 1.807) is 52.0 Å². The van der Waals surface area contributed by atoms with Gasteiger partial charge in [0.2, 0.25) is 0 Å². The molecule has 1 amide bonds. The summed E-state index contributed by atoms with van der Waals surface area (Å²) in [6, 6.07) is 6.64. The van der Waals surface area contributed by atoms with E-state index in [4.69, 9.17) is 21.1 Å². The third-order valence-corrected chi connectivity index (χ3v) is 3.97. The molecule has 0 bridgehead atoms. The van der Waals surface area contributed by atoms with E-state index >= 15 is 0 Å². The number of nitrogens with one attached hydrogen (secondary N) is 1. The summed E-state index contributed by atoms with van der Waals surface area (Å²) in [7, 11) is 0. The zero-order valence-electron chi connectivity index (χ0n) is 16.9. The van der Waals surface area contributed by atoms with E-state index in [9.17, 15) is 19.5 Å². The number of benzene rings is 1. The van der Waals surface area contributed by atoms with Crippen molar-refractivity contribution in [3.05, 3.63) is 34.9 Å². The number of carboxylic acid groups (broad SMARTS) is 1. The van der Waals surface area contributed by atoms with Gasteiger partial charge in [0.05, 0.1) is 5.92 Å². The van der Waals surface area contributed by atoms with Crippen LogP contribution in [0.1, 0.15) is 45.6 Å². The predicted octanol–water partition coefficient (Wildman–Crippen LogP) is -0.525. The molecule has 0 aliphatic heterocycles. The van der Waals surface area contributed by atoms with Crippen molar-refractivity contribution in [3.8, 4) is 0 Å². The largest absolute Gasteiger partial charge is 1.00 e. The molecule has 0 saturated carbocycles. The molecule has 150 valence electrons. The van der Waals surface area contributed by atoms with Gasteiger partial charge in [-0.15, -0.1) is 0 Å². The molecule has 1 rings (SSSR count). The summed E-state index contributed by atoms with van der Waals surface area (Å²) in [6.07, 6.45) is -2.12. The number of alkyl carbamates (subject to hydrolysis) is 1. The molecule has 2 atom stereocenters. The molecule has 0 unspecified atom stereocenters. The Kier molecular flexibility index (Phi) is 12.4. The maximum atomic E-state index is 12.1. The monoisotopic (exact) mass is 421 g/mol. The molecule has 0 aromatic heterocycles. The molecule has 0 aliphatic carbocycles. The Morgan fingerprint density at radius 3 is 2.11 bits per heavy atom. The van der Waals surface area contributed by atoms with Crippen LogP contribution < -0.4 is 40.0 Å². The number of ether oxygens (including phenoxy) is 2. The minimum Gasteiger partial charge on any atom is -0.550 e. The molecule has 1 aromatic carbocycles. The molecule has 1 N–H and O–H groups in total. The van der Waals surface area contributed by atoms with E-state index in [1.165, 1.54) is 0 Å². The molecule has 0 aliphatic rings. The molecular formula is C19H25ClNNaO6. The third kappa shape index (κ3) is 9.78. The topological polar surface area (TPSA) is 105 Å². The number of carbonyl (C=O) groups excluding carboxylic acids is 3. The summed E-state index contributed by atoms with van der Waals surface area (Å²) in [5.74, 6) is -2.83. The van der Waals surface area contributed by atoms with E-state index in [-0.39, 0.29) is 54.4 Å². The molecule has 0 spiro atoms. The normalized spacial score (nSPS) is 12.7. The predicted molar refractivity (Wildman–Crippen MR) is 97.9 cm³/mol. The first kappa shape index (κ1) is 26.7. The SMILES string of the molecule is CC(C)C(=O)O[C@@H](OC(=O)NC[C@H](CC(=O)[O-])c1ccc(Cl)cc1)C(C)C.[Na+]. The zero-order chi connectivity index (χ0) is 20.6. The Morgan fingerprint density at radius 2 is 1.64 bits per heavy atom. The van der Waals surface area contributed by atoms with Crippen molar-refractivity contribution in [2.45, 2.75) is 46.3 Å². The summed E-state index contributed by atoms with van der Waals surface area (Å²) < 4.78 is 10.3. The number of aliphatic carboxylic acids is 1. The van der Waals surface area contributed by atoms with Crippen LogP contribution in [0.5, 0.6) is 0 Å². The van der Waals surface area contributed by atoms with Crippen LogP contribution in [-0.2, 0) is 19.1 Å². The number of hydrogen-bond acceptors (Lipinski definition) is 6. The number of amides is 1. The quantitative estimate of drug-likeness (QED) is 0.327. The fourth-order valence-corrected chi connectivity index (χ4v) is 2.27. The van der Waals surface area contributed by atoms with Gasteiger partial charge in [0.1, 0.15) is 0 Å². The second-order valence-electron chi connectivity index (χ2n) is 6.81. The van der Waals surface area contributed by atoms with E-state index in [2.05, 4.69) is 5.32 Å². The van der Waals surface area contributed by atoms with Gasteiger partial charge in [0, 0.05) is 29.4 Å². The van der Waals surface area contributed by atoms with Gasteiger partial charge in [-0.2, -0.15) is 0 Å². The molecule has 0 fully saturated rings. The summed E-state index contributed by atoms with van der Waals surface area (Å²) in [6.45, 7) is 6.86. The molecule has 0 heterocycles. The molecule has 0 radical (unpaired) electrons. The van der Waals surface area contributed by atoms with E-state index < -0.39 is 30.2 Å². The van der Waals surface area contributed by atoms with Crippen molar-refractivity contribution in [1.82, 2.24) is 5.32 Å². The van der Waals surface area contributed by atoms with Crippen LogP contribution in [0.25, 0.3) is 0 Å². The van der Waals surface area contributed by atoms with E-state index in [0.29, 0.717) is 10.6 Å². The molecule has 7 nitrogen and oxygen atoms in total. The number of rotatable bonds is 9. The van der Waals surface area contributed by atoms with Gasteiger partial charge in [-0.25, -0.2) is 4.79 Å². The zero-order valence-corrected chi connectivity index (χ0v) is 19.6. The van der Waals surface area contributed by atoms with Crippen molar-refractivity contribution in [2.24, 2.45) is 11.8 Å². The van der Waals surface area contributed by atoms with Crippen LogP contribution in [0.15, 0.2) is 24.3 Å². The summed E-state index contributed by atoms with van der Waals surface area (Å²) in [4.78, 5) is 34.8. The first-order chi connectivity index (χ1) is 12.6. The van der Waals surface area contributed by atoms with Gasteiger partial charge in [-0.1, -0.05) is 51.4 Å². The van der Waals surface area contributed by atoms with Crippen LogP contribution in [0, 0.1) is 11.8 Å². The first-order valence-electron chi connectivity index (χ1n) is 8.70. The fraction of sp³-hybridized carbons (Fsp3) is 0.526. The first-order valence-corrected chi connectivity index (χ1v) is 9.08. The number of carbonyl (C=O) groups is 3. The molecule has 0 saturated heterocycles. The number of halogens is 1. The molecule has 28 heavy (non-hydrogen) atoms. The summed E-state index contributed by atoms with van der Waals surface area (Å²) in [5.41, 5.74) is 0.690. The number of carboxylic acids is 1. The van der Waals surface area contributed by atoms with Gasteiger partial charge >= 0.3 is 41.6 Å². The van der Waals surface area contributed by atoms with Gasteiger partial charge in [0.15, 0.2) is 0 Å². The van der Waals surface area contributed by atoms with Gasteiger partial charge in [-0.3, -0.25) is 4.79 Å². The summed E-state index contributed by atoms with van der Waals surface area (Å²) in [5, 5.41) is 14.0. The van der Waals surface area contributed by atoms with Crippen LogP contribution in [-0.4, -0.2) is 30.9 Å². The molecular weight excluding hydrogens is 397 g/mol. The number of hydrogen-bond donors (Lipinski definition) is 1. The third-order valence-electron chi connectivity index (χ3n) is 3.72. The standard InChI is InChI=1S/C19H26ClNO6.Na/c1-11(2)17(24)26-18(12(3)4)27-19(25)21-10-14(9-16(22)23)13-5-7-15(20)8-6-13;/h5-8,11-12,14,18H,9-10H2,1-4H3,(H,21,25)(H,22,23);/q;+1/p-1/t14-,18-;/m0./s1. The second kappa shape index (κ2) is 13.0. The Bertz CT molecular complexity index is 650. The van der Waals surface area contributed by atoms with Crippen LogP contribution in [0.3, 0.4) is 0 Å². The van der Waals surface area contributed by atoms with Crippen molar-refractivity contribution in [3.63, 3.8) is 0 Å². The van der Waals surface area contributed by atoms with Crippen LogP contribution in [0.4, 0.5) is 4.79 Å². The Morgan fingerprint density at radius 1 is 1.07 bits per heavy atom. The van der Waals surface area contributed by atoms with Gasteiger partial charge in [0.25, 0.3) is 6.29 Å². The second-order valence-corrected chi connectivity index (χ2v) is 7.25. The Labute approximate surface area is 192 Å². The van der Waals surface area contributed by atoms with Crippen LogP contribution in [0.2, 0.25) is 5.02 Å². The maximum Gasteiger partial charge on any atom is 1.00 e. The van der Waals surface area contributed by atoms with Crippen molar-refractivity contribution >= 4 is 29.6 Å². The fourth-order valence-electron chi connectivity index (χ4n) is 2.14. The van der Waals surface area contributed by atoms with Crippen molar-refractivity contribution < 1.29 is 58.5 Å². The van der Waals surface area contributed by atoms with E-state index in [1.807, 2.05) is 0 Å². The van der Waals surface area contributed by atoms with Crippen molar-refractivity contribution in [2.75, 3.05) is 6.54 Å². The minimum atomic E-state index is -1.24. The maximum absolute atomic E-state index is 12.1. The van der Waals surface area contributed by atoms with Crippen LogP contribution >= 0.6 is 11.6 Å². The minimum absolute atomic E-state index is 0. The van der Waals surface area contributed by atoms with Gasteiger partial charge < -0.3 is 24.7 Å². The Hall–Kier alpha value is -1.28. The Balaban J connectivity index is 0.00000729. The number of esters is 1.